The standard InChI is InChI=1S/C24H30N2O2S/c1-3-5-7-12-22(27)25(15-4-2)18-23(28)26-16-13-21-20(14-17-29-21)24(26)19-10-8-6-9-11-19/h4,6,8-11,14,17,24H,2-3,5,7,12-13,15-16,18H2,1H3/t24-/m1/s1. The highest BCUT2D eigenvalue weighted by Gasteiger charge is 2.33. The average Bonchev–Trinajstić information content (AvgIpc) is 3.22. The van der Waals surface area contributed by atoms with E-state index < -0.39 is 0 Å². The molecule has 0 saturated carbocycles. The zero-order valence-corrected chi connectivity index (χ0v) is 18.0. The molecule has 0 spiro atoms. The largest absolute Gasteiger partial charge is 0.330 e. The lowest BCUT2D eigenvalue weighted by atomic mass is 9.93. The van der Waals surface area contributed by atoms with Crippen LogP contribution >= 0.6 is 11.3 Å². The van der Waals surface area contributed by atoms with Crippen molar-refractivity contribution in [3.8, 4) is 0 Å². The molecule has 0 unspecified atom stereocenters. The van der Waals surface area contributed by atoms with Crippen molar-refractivity contribution in [1.82, 2.24) is 9.80 Å². The Hall–Kier alpha value is -2.40. The maximum Gasteiger partial charge on any atom is 0.243 e. The van der Waals surface area contributed by atoms with Crippen LogP contribution in [0.5, 0.6) is 0 Å². The van der Waals surface area contributed by atoms with Crippen LogP contribution in [0.3, 0.4) is 0 Å². The monoisotopic (exact) mass is 410 g/mol. The van der Waals surface area contributed by atoms with Crippen molar-refractivity contribution in [2.45, 2.75) is 45.1 Å². The van der Waals surface area contributed by atoms with Crippen LogP contribution in [0, 0.1) is 0 Å². The summed E-state index contributed by atoms with van der Waals surface area (Å²) in [6.45, 7) is 7.08. The third kappa shape index (κ3) is 5.15. The van der Waals surface area contributed by atoms with Crippen molar-refractivity contribution in [1.29, 1.82) is 0 Å². The lowest BCUT2D eigenvalue weighted by molar-refractivity contribution is -0.141. The number of hydrogen-bond acceptors (Lipinski definition) is 3. The fourth-order valence-corrected chi connectivity index (χ4v) is 4.83. The zero-order chi connectivity index (χ0) is 20.6. The number of carbonyl (C=O) groups is 2. The van der Waals surface area contributed by atoms with Gasteiger partial charge in [-0.1, -0.05) is 56.2 Å². The molecule has 0 fully saturated rings. The van der Waals surface area contributed by atoms with Crippen LogP contribution in [0.25, 0.3) is 0 Å². The molecule has 0 aliphatic carbocycles. The molecule has 0 saturated heterocycles. The first kappa shape index (κ1) is 21.3. The minimum Gasteiger partial charge on any atom is -0.330 e. The molecule has 0 bridgehead atoms. The normalized spacial score (nSPS) is 15.6. The van der Waals surface area contributed by atoms with Gasteiger partial charge in [0, 0.05) is 24.4 Å². The molecule has 0 N–H and O–H groups in total. The van der Waals surface area contributed by atoms with E-state index in [1.54, 1.807) is 22.3 Å². The van der Waals surface area contributed by atoms with Gasteiger partial charge in [-0.15, -0.1) is 17.9 Å². The molecule has 4 nitrogen and oxygen atoms in total. The lowest BCUT2D eigenvalue weighted by Gasteiger charge is -2.37. The SMILES string of the molecule is C=CCN(CC(=O)N1CCc2sccc2[C@H]1c1ccccc1)C(=O)CCCCC. The Morgan fingerprint density at radius 1 is 1.24 bits per heavy atom. The average molecular weight is 411 g/mol. The first-order chi connectivity index (χ1) is 14.2. The van der Waals surface area contributed by atoms with E-state index in [-0.39, 0.29) is 24.4 Å². The predicted octanol–water partition coefficient (Wildman–Crippen LogP) is 4.82. The Labute approximate surface area is 177 Å². The molecule has 1 aromatic heterocycles. The lowest BCUT2D eigenvalue weighted by Crippen LogP contribution is -2.46. The Kier molecular flexibility index (Phi) is 7.64. The molecule has 1 aliphatic heterocycles. The Bertz CT molecular complexity index is 830. The highest BCUT2D eigenvalue weighted by atomic mass is 32.1. The van der Waals surface area contributed by atoms with Gasteiger partial charge in [-0.25, -0.2) is 0 Å². The van der Waals surface area contributed by atoms with Gasteiger partial charge in [-0.3, -0.25) is 9.59 Å². The van der Waals surface area contributed by atoms with Crippen molar-refractivity contribution in [2.24, 2.45) is 0 Å². The number of benzene rings is 1. The number of carbonyl (C=O) groups excluding carboxylic acids is 2. The fourth-order valence-electron chi connectivity index (χ4n) is 3.93. The quantitative estimate of drug-likeness (QED) is 0.439. The van der Waals surface area contributed by atoms with Gasteiger partial charge in [-0.2, -0.15) is 0 Å². The van der Waals surface area contributed by atoms with Crippen molar-refractivity contribution < 1.29 is 9.59 Å². The summed E-state index contributed by atoms with van der Waals surface area (Å²) in [6.07, 6.45) is 6.03. The Morgan fingerprint density at radius 3 is 2.76 bits per heavy atom. The molecule has 1 aromatic carbocycles. The van der Waals surface area contributed by atoms with E-state index in [1.165, 1.54) is 10.4 Å². The van der Waals surface area contributed by atoms with Crippen LogP contribution in [-0.2, 0) is 16.0 Å². The summed E-state index contributed by atoms with van der Waals surface area (Å²) in [5.74, 6) is 0.0394. The van der Waals surface area contributed by atoms with Gasteiger partial charge in [0.2, 0.25) is 11.8 Å². The molecule has 1 atom stereocenters. The maximum atomic E-state index is 13.3. The Morgan fingerprint density at radius 2 is 2.03 bits per heavy atom. The van der Waals surface area contributed by atoms with Gasteiger partial charge in [0.15, 0.2) is 0 Å². The van der Waals surface area contributed by atoms with Gasteiger partial charge < -0.3 is 9.80 Å². The number of nitrogens with zero attached hydrogens (tertiary/aromatic N) is 2. The van der Waals surface area contributed by atoms with Gasteiger partial charge in [0.05, 0.1) is 6.04 Å². The summed E-state index contributed by atoms with van der Waals surface area (Å²) in [5.41, 5.74) is 2.33. The van der Waals surface area contributed by atoms with Gasteiger partial charge in [-0.05, 0) is 35.4 Å². The van der Waals surface area contributed by atoms with E-state index >= 15 is 0 Å². The van der Waals surface area contributed by atoms with Gasteiger partial charge in [0.1, 0.15) is 6.54 Å². The summed E-state index contributed by atoms with van der Waals surface area (Å²) in [7, 11) is 0. The molecule has 0 radical (unpaired) electrons. The second-order valence-corrected chi connectivity index (χ2v) is 8.47. The number of unbranched alkanes of at least 4 members (excludes halogenated alkanes) is 2. The number of rotatable bonds is 9. The first-order valence-corrected chi connectivity index (χ1v) is 11.3. The minimum atomic E-state index is -0.0838. The van der Waals surface area contributed by atoms with Crippen LogP contribution in [0.4, 0.5) is 0 Å². The molecule has 154 valence electrons. The summed E-state index contributed by atoms with van der Waals surface area (Å²) in [5, 5.41) is 2.11. The van der Waals surface area contributed by atoms with E-state index in [0.29, 0.717) is 19.5 Å². The predicted molar refractivity (Wildman–Crippen MR) is 119 cm³/mol. The zero-order valence-electron chi connectivity index (χ0n) is 17.2. The highest BCUT2D eigenvalue weighted by molar-refractivity contribution is 7.10. The van der Waals surface area contributed by atoms with Crippen molar-refractivity contribution in [3.63, 3.8) is 0 Å². The van der Waals surface area contributed by atoms with Gasteiger partial charge >= 0.3 is 0 Å². The molecular weight excluding hydrogens is 380 g/mol. The van der Waals surface area contributed by atoms with Crippen molar-refractivity contribution in [3.05, 3.63) is 70.4 Å². The molecule has 2 heterocycles. The number of thiophene rings is 1. The van der Waals surface area contributed by atoms with Crippen LogP contribution < -0.4 is 0 Å². The first-order valence-electron chi connectivity index (χ1n) is 10.4. The summed E-state index contributed by atoms with van der Waals surface area (Å²) >= 11 is 1.76. The van der Waals surface area contributed by atoms with Crippen LogP contribution in [0.1, 0.15) is 54.7 Å². The number of fused-ring (bicyclic) bond motifs is 1. The van der Waals surface area contributed by atoms with Crippen LogP contribution in [0.2, 0.25) is 0 Å². The van der Waals surface area contributed by atoms with E-state index in [4.69, 9.17) is 0 Å². The molecule has 1 aliphatic rings. The summed E-state index contributed by atoms with van der Waals surface area (Å²) in [6, 6.07) is 12.2. The minimum absolute atomic E-state index is 0.00129. The van der Waals surface area contributed by atoms with E-state index in [2.05, 4.69) is 37.1 Å². The molecule has 2 aromatic rings. The van der Waals surface area contributed by atoms with Crippen LogP contribution in [-0.4, -0.2) is 41.2 Å². The molecule has 5 heteroatoms. The highest BCUT2D eigenvalue weighted by Crippen LogP contribution is 2.37. The van der Waals surface area contributed by atoms with Crippen molar-refractivity contribution >= 4 is 23.2 Å². The van der Waals surface area contributed by atoms with Gasteiger partial charge in [0.25, 0.3) is 0 Å². The van der Waals surface area contributed by atoms with Crippen molar-refractivity contribution in [2.75, 3.05) is 19.6 Å². The second kappa shape index (κ2) is 10.4. The maximum absolute atomic E-state index is 13.3. The van der Waals surface area contributed by atoms with E-state index in [1.807, 2.05) is 23.1 Å². The molecule has 3 rings (SSSR count). The fraction of sp³-hybridized carbons (Fsp3) is 0.417. The smallest absolute Gasteiger partial charge is 0.243 e. The topological polar surface area (TPSA) is 40.6 Å². The summed E-state index contributed by atoms with van der Waals surface area (Å²) in [4.78, 5) is 30.9. The third-order valence-corrected chi connectivity index (χ3v) is 6.42. The third-order valence-electron chi connectivity index (χ3n) is 5.42. The number of amides is 2. The summed E-state index contributed by atoms with van der Waals surface area (Å²) < 4.78 is 0. The Balaban J connectivity index is 1.79. The molecule has 29 heavy (non-hydrogen) atoms. The van der Waals surface area contributed by atoms with E-state index in [9.17, 15) is 9.59 Å². The second-order valence-electron chi connectivity index (χ2n) is 7.47. The number of hydrogen-bond donors (Lipinski definition) is 0. The molecular formula is C24H30N2O2S. The van der Waals surface area contributed by atoms with E-state index in [0.717, 1.165) is 31.2 Å². The van der Waals surface area contributed by atoms with Crippen LogP contribution in [0.15, 0.2) is 54.4 Å². The molecule has 2 amide bonds.